The normalized spacial score (nSPS) is 11.0. The molecule has 0 aliphatic heterocycles. The van der Waals surface area contributed by atoms with Crippen molar-refractivity contribution in [2.24, 2.45) is 10.2 Å². The monoisotopic (exact) mass is 528 g/mol. The minimum atomic E-state index is -0.464. The van der Waals surface area contributed by atoms with Gasteiger partial charge in [0, 0.05) is 6.08 Å². The second-order valence-electron chi connectivity index (χ2n) is 8.65. The number of aryl methyl sites for hydroxylation is 1. The number of carbonyl (C=O) groups is 2. The van der Waals surface area contributed by atoms with Gasteiger partial charge in [0.2, 0.25) is 0 Å². The Morgan fingerprint density at radius 1 is 0.821 bits per heavy atom. The van der Waals surface area contributed by atoms with E-state index in [-0.39, 0.29) is 5.75 Å². The van der Waals surface area contributed by atoms with E-state index in [1.165, 1.54) is 0 Å². The van der Waals surface area contributed by atoms with Crippen LogP contribution in [0.1, 0.15) is 52.7 Å². The Bertz CT molecular complexity index is 1300. The van der Waals surface area contributed by atoms with Gasteiger partial charge in [0.15, 0.2) is 0 Å². The molecule has 0 heterocycles. The van der Waals surface area contributed by atoms with Crippen molar-refractivity contribution < 1.29 is 28.9 Å². The summed E-state index contributed by atoms with van der Waals surface area (Å²) in [6.45, 7) is 6.14. The summed E-state index contributed by atoms with van der Waals surface area (Å²) < 4.78 is 16.1. The molecule has 0 fully saturated rings. The lowest BCUT2D eigenvalue weighted by molar-refractivity contribution is -0.137. The molecule has 0 aliphatic rings. The summed E-state index contributed by atoms with van der Waals surface area (Å²) in [5.41, 5.74) is 2.82. The molecule has 8 nitrogen and oxygen atoms in total. The zero-order valence-electron chi connectivity index (χ0n) is 21.9. The summed E-state index contributed by atoms with van der Waals surface area (Å²) in [7, 11) is 0. The Kier molecular flexibility index (Phi) is 11.5. The van der Waals surface area contributed by atoms with Crippen molar-refractivity contribution in [3.63, 3.8) is 0 Å². The maximum absolute atomic E-state index is 12.5. The van der Waals surface area contributed by atoms with E-state index in [9.17, 15) is 14.7 Å². The van der Waals surface area contributed by atoms with E-state index < -0.39 is 11.9 Å². The highest BCUT2D eigenvalue weighted by molar-refractivity contribution is 5.91. The molecule has 3 rings (SSSR count). The van der Waals surface area contributed by atoms with Crippen LogP contribution in [0.5, 0.6) is 17.2 Å². The Morgan fingerprint density at radius 2 is 1.44 bits per heavy atom. The number of rotatable bonds is 14. The van der Waals surface area contributed by atoms with Gasteiger partial charge in [-0.25, -0.2) is 9.59 Å². The van der Waals surface area contributed by atoms with Crippen molar-refractivity contribution in [2.45, 2.75) is 32.6 Å². The summed E-state index contributed by atoms with van der Waals surface area (Å²) in [6.07, 6.45) is 7.95. The van der Waals surface area contributed by atoms with E-state index in [2.05, 4.69) is 16.8 Å². The Hall–Kier alpha value is -4.72. The van der Waals surface area contributed by atoms with Crippen LogP contribution in [0.2, 0.25) is 0 Å². The molecule has 0 bridgehead atoms. The number of phenols is 1. The van der Waals surface area contributed by atoms with E-state index in [1.54, 1.807) is 73.1 Å². The number of phenolic OH excluding ortho intramolecular Hbond substituents is 1. The first kappa shape index (κ1) is 28.8. The molecule has 0 aliphatic carbocycles. The summed E-state index contributed by atoms with van der Waals surface area (Å²) in [5, 5.41) is 17.6. The molecule has 0 saturated carbocycles. The molecule has 0 amide bonds. The smallest absolute Gasteiger partial charge is 0.343 e. The van der Waals surface area contributed by atoms with Crippen molar-refractivity contribution in [3.05, 3.63) is 102 Å². The maximum atomic E-state index is 12.5. The van der Waals surface area contributed by atoms with Crippen molar-refractivity contribution in [3.8, 4) is 17.2 Å². The Morgan fingerprint density at radius 3 is 2.10 bits per heavy atom. The standard InChI is InChI=1S/C31H32N2O6/c1-3-30(35)38-19-7-5-4-6-18-37-27-15-11-26(12-16-27)31(36)39-28-13-8-24(9-14-28)21-32-33-22-25-10-17-29(34)23(2)20-25/h3,8-17,20-22,34H,1,4-7,18-19H2,2H3/b32-21+,33-22+. The number of benzene rings is 3. The van der Waals surface area contributed by atoms with Crippen LogP contribution in [-0.4, -0.2) is 42.7 Å². The van der Waals surface area contributed by atoms with Crippen molar-refractivity contribution in [1.29, 1.82) is 0 Å². The molecule has 3 aromatic carbocycles. The third kappa shape index (κ3) is 10.3. The Labute approximate surface area is 228 Å². The molecule has 0 unspecified atom stereocenters. The molecule has 0 aromatic heterocycles. The number of unbranched alkanes of at least 4 members (excludes halogenated alkanes) is 3. The van der Waals surface area contributed by atoms with Crippen LogP contribution < -0.4 is 9.47 Å². The number of hydrogen-bond donors (Lipinski definition) is 1. The summed E-state index contributed by atoms with van der Waals surface area (Å²) >= 11 is 0. The summed E-state index contributed by atoms with van der Waals surface area (Å²) in [6, 6.07) is 18.9. The van der Waals surface area contributed by atoms with E-state index in [4.69, 9.17) is 14.2 Å². The first-order valence-electron chi connectivity index (χ1n) is 12.6. The predicted octanol–water partition coefficient (Wildman–Crippen LogP) is 6.04. The number of nitrogens with zero attached hydrogens (tertiary/aromatic N) is 2. The van der Waals surface area contributed by atoms with Gasteiger partial charge in [0.05, 0.1) is 31.2 Å². The molecule has 8 heteroatoms. The highest BCUT2D eigenvalue weighted by Gasteiger charge is 2.09. The molecular weight excluding hydrogens is 496 g/mol. The molecule has 3 aromatic rings. The van der Waals surface area contributed by atoms with Crippen LogP contribution in [-0.2, 0) is 9.53 Å². The lowest BCUT2D eigenvalue weighted by Gasteiger charge is -2.08. The van der Waals surface area contributed by atoms with Gasteiger partial charge < -0.3 is 19.3 Å². The van der Waals surface area contributed by atoms with Gasteiger partial charge >= 0.3 is 11.9 Å². The van der Waals surface area contributed by atoms with Gasteiger partial charge in [0.25, 0.3) is 0 Å². The van der Waals surface area contributed by atoms with Crippen LogP contribution in [0.15, 0.2) is 89.6 Å². The quantitative estimate of drug-likeness (QED) is 0.0683. The topological polar surface area (TPSA) is 107 Å². The average molecular weight is 529 g/mol. The summed E-state index contributed by atoms with van der Waals surface area (Å²) in [4.78, 5) is 23.4. The fourth-order valence-electron chi connectivity index (χ4n) is 3.41. The molecule has 0 saturated heterocycles. The fraction of sp³-hybridized carbons (Fsp3) is 0.226. The van der Waals surface area contributed by atoms with Crippen LogP contribution in [0.3, 0.4) is 0 Å². The van der Waals surface area contributed by atoms with Crippen LogP contribution in [0, 0.1) is 6.92 Å². The van der Waals surface area contributed by atoms with Crippen LogP contribution >= 0.6 is 0 Å². The second kappa shape index (κ2) is 15.5. The number of aromatic hydroxyl groups is 1. The lowest BCUT2D eigenvalue weighted by atomic mass is 10.1. The first-order valence-corrected chi connectivity index (χ1v) is 12.6. The van der Waals surface area contributed by atoms with Gasteiger partial charge in [-0.05, 0) is 116 Å². The van der Waals surface area contributed by atoms with E-state index in [0.717, 1.165) is 48.4 Å². The highest BCUT2D eigenvalue weighted by Crippen LogP contribution is 2.18. The predicted molar refractivity (Wildman–Crippen MR) is 151 cm³/mol. The van der Waals surface area contributed by atoms with Gasteiger partial charge in [-0.3, -0.25) is 0 Å². The number of esters is 2. The maximum Gasteiger partial charge on any atom is 0.343 e. The number of hydrogen-bond acceptors (Lipinski definition) is 8. The minimum Gasteiger partial charge on any atom is -0.508 e. The highest BCUT2D eigenvalue weighted by atomic mass is 16.5. The third-order valence-electron chi connectivity index (χ3n) is 5.60. The van der Waals surface area contributed by atoms with E-state index >= 15 is 0 Å². The minimum absolute atomic E-state index is 0.240. The molecule has 1 N–H and O–H groups in total. The van der Waals surface area contributed by atoms with Gasteiger partial charge in [-0.1, -0.05) is 6.58 Å². The van der Waals surface area contributed by atoms with Gasteiger partial charge in [-0.15, -0.1) is 0 Å². The van der Waals surface area contributed by atoms with Crippen LogP contribution in [0.25, 0.3) is 0 Å². The van der Waals surface area contributed by atoms with Crippen molar-refractivity contribution in [1.82, 2.24) is 0 Å². The SMILES string of the molecule is C=CC(=O)OCCCCCCOc1ccc(C(=O)Oc2ccc(/C=N/N=C/c3ccc(O)c(C)c3)cc2)cc1. The molecule has 202 valence electrons. The molecule has 39 heavy (non-hydrogen) atoms. The average Bonchev–Trinajstić information content (AvgIpc) is 2.95. The molecule has 0 atom stereocenters. The zero-order chi connectivity index (χ0) is 27.9. The largest absolute Gasteiger partial charge is 0.508 e. The number of carbonyl (C=O) groups excluding carboxylic acids is 2. The third-order valence-corrected chi connectivity index (χ3v) is 5.60. The van der Waals surface area contributed by atoms with Crippen molar-refractivity contribution >= 4 is 24.4 Å². The molecule has 0 radical (unpaired) electrons. The molecular formula is C31H32N2O6. The molecule has 0 spiro atoms. The lowest BCUT2D eigenvalue weighted by Crippen LogP contribution is -2.08. The van der Waals surface area contributed by atoms with Gasteiger partial charge in [0.1, 0.15) is 17.2 Å². The van der Waals surface area contributed by atoms with Crippen LogP contribution in [0.4, 0.5) is 0 Å². The van der Waals surface area contributed by atoms with E-state index in [1.807, 2.05) is 13.0 Å². The zero-order valence-corrected chi connectivity index (χ0v) is 21.9. The van der Waals surface area contributed by atoms with Gasteiger partial charge in [-0.2, -0.15) is 10.2 Å². The fourth-order valence-corrected chi connectivity index (χ4v) is 3.41. The number of ether oxygens (including phenoxy) is 3. The van der Waals surface area contributed by atoms with Crippen molar-refractivity contribution in [2.75, 3.05) is 13.2 Å². The second-order valence-corrected chi connectivity index (χ2v) is 8.65. The Balaban J connectivity index is 1.37. The van der Waals surface area contributed by atoms with E-state index in [0.29, 0.717) is 30.3 Å². The summed E-state index contributed by atoms with van der Waals surface area (Å²) in [5.74, 6) is 0.477. The first-order chi connectivity index (χ1) is 18.9.